The number of thiophene rings is 1. The smallest absolute Gasteiger partial charge is 0.253 e. The van der Waals surface area contributed by atoms with Gasteiger partial charge >= 0.3 is 0 Å². The van der Waals surface area contributed by atoms with Crippen LogP contribution in [0.1, 0.15) is 48.5 Å². The molecular weight excluding hydrogens is 454 g/mol. The van der Waals surface area contributed by atoms with Crippen molar-refractivity contribution in [1.82, 2.24) is 9.29 Å². The van der Waals surface area contributed by atoms with Gasteiger partial charge in [0.25, 0.3) is 10.0 Å². The second kappa shape index (κ2) is 7.42. The maximum atomic E-state index is 12.9. The van der Waals surface area contributed by atoms with Gasteiger partial charge in [-0.05, 0) is 36.8 Å². The highest BCUT2D eigenvalue weighted by Gasteiger charge is 2.41. The molecule has 0 unspecified atom stereocenters. The van der Waals surface area contributed by atoms with E-state index in [2.05, 4.69) is 10.3 Å². The monoisotopic (exact) mass is 473 g/mol. The number of anilines is 1. The van der Waals surface area contributed by atoms with Gasteiger partial charge in [-0.15, -0.1) is 11.3 Å². The van der Waals surface area contributed by atoms with Gasteiger partial charge in [-0.25, -0.2) is 13.4 Å². The van der Waals surface area contributed by atoms with Crippen LogP contribution in [0.4, 0.5) is 5.13 Å². The zero-order valence-electron chi connectivity index (χ0n) is 15.9. The standard InChI is InChI=1S/C18H20ClN3O4S3/c1-18(2)8-10-15(12(23)9-18)28-17(20-10)21-16(24)11-4-3-7-22(11)29(25,26)14-6-5-13(19)27-14/h5-6,11H,3-4,7-9H2,1-2H3,(H,20,21,24)/t11-/m1/s1. The summed E-state index contributed by atoms with van der Waals surface area (Å²) in [5.74, 6) is -0.388. The van der Waals surface area contributed by atoms with Crippen molar-refractivity contribution < 1.29 is 18.0 Å². The summed E-state index contributed by atoms with van der Waals surface area (Å²) in [6, 6.07) is 2.18. The molecule has 0 spiro atoms. The number of Topliss-reactive ketones (excluding diaryl/α,β-unsaturated/α-hetero) is 1. The molecule has 1 N–H and O–H groups in total. The van der Waals surface area contributed by atoms with E-state index in [-0.39, 0.29) is 22.0 Å². The van der Waals surface area contributed by atoms with Crippen LogP contribution in [-0.4, -0.2) is 42.0 Å². The highest BCUT2D eigenvalue weighted by molar-refractivity contribution is 7.91. The zero-order valence-corrected chi connectivity index (χ0v) is 19.1. The van der Waals surface area contributed by atoms with Crippen LogP contribution in [0, 0.1) is 5.41 Å². The van der Waals surface area contributed by atoms with Crippen molar-refractivity contribution in [1.29, 1.82) is 0 Å². The summed E-state index contributed by atoms with van der Waals surface area (Å²) in [5, 5.41) is 3.08. The number of hydrogen-bond acceptors (Lipinski definition) is 7. The predicted octanol–water partition coefficient (Wildman–Crippen LogP) is 3.80. The quantitative estimate of drug-likeness (QED) is 0.728. The molecular formula is C18H20ClN3O4S3. The van der Waals surface area contributed by atoms with Gasteiger partial charge in [0.1, 0.15) is 10.3 Å². The van der Waals surface area contributed by atoms with Crippen LogP contribution >= 0.6 is 34.3 Å². The molecule has 1 aliphatic heterocycles. The number of sulfonamides is 1. The van der Waals surface area contributed by atoms with Gasteiger partial charge < -0.3 is 5.32 Å². The largest absolute Gasteiger partial charge is 0.301 e. The van der Waals surface area contributed by atoms with E-state index in [4.69, 9.17) is 11.6 Å². The van der Waals surface area contributed by atoms with Crippen molar-refractivity contribution >= 4 is 61.1 Å². The van der Waals surface area contributed by atoms with Crippen molar-refractivity contribution in [2.24, 2.45) is 5.41 Å². The molecule has 1 saturated heterocycles. The first-order valence-electron chi connectivity index (χ1n) is 9.18. The van der Waals surface area contributed by atoms with Crippen LogP contribution in [0.25, 0.3) is 0 Å². The highest BCUT2D eigenvalue weighted by Crippen LogP contribution is 2.39. The fourth-order valence-electron chi connectivity index (χ4n) is 3.80. The minimum absolute atomic E-state index is 0.0360. The van der Waals surface area contributed by atoms with Crippen molar-refractivity contribution in [3.8, 4) is 0 Å². The van der Waals surface area contributed by atoms with Crippen LogP contribution in [0.2, 0.25) is 4.34 Å². The lowest BCUT2D eigenvalue weighted by molar-refractivity contribution is -0.119. The number of hydrogen-bond donors (Lipinski definition) is 1. The number of ketones is 1. The molecule has 1 fully saturated rings. The predicted molar refractivity (Wildman–Crippen MR) is 113 cm³/mol. The lowest BCUT2D eigenvalue weighted by Gasteiger charge is -2.26. The van der Waals surface area contributed by atoms with Crippen LogP contribution in [0.3, 0.4) is 0 Å². The van der Waals surface area contributed by atoms with Crippen LogP contribution in [0.5, 0.6) is 0 Å². The molecule has 0 saturated carbocycles. The molecule has 7 nitrogen and oxygen atoms in total. The Morgan fingerprint density at radius 1 is 1.31 bits per heavy atom. The Bertz CT molecular complexity index is 1090. The summed E-state index contributed by atoms with van der Waals surface area (Å²) >= 11 is 8.02. The summed E-state index contributed by atoms with van der Waals surface area (Å²) in [4.78, 5) is 30.3. The number of carbonyl (C=O) groups excluding carboxylic acids is 2. The molecule has 2 aromatic heterocycles. The van der Waals surface area contributed by atoms with E-state index in [9.17, 15) is 18.0 Å². The summed E-state index contributed by atoms with van der Waals surface area (Å²) in [7, 11) is -3.80. The molecule has 29 heavy (non-hydrogen) atoms. The van der Waals surface area contributed by atoms with E-state index in [1.807, 2.05) is 13.8 Å². The highest BCUT2D eigenvalue weighted by atomic mass is 35.5. The van der Waals surface area contributed by atoms with Crippen LogP contribution < -0.4 is 5.32 Å². The van der Waals surface area contributed by atoms with E-state index < -0.39 is 22.0 Å². The fourth-order valence-corrected chi connectivity index (χ4v) is 8.00. The Balaban J connectivity index is 1.54. The number of halogens is 1. The SMILES string of the molecule is CC1(C)CC(=O)c2sc(NC(=O)[C@H]3CCCN3S(=O)(=O)c3ccc(Cl)s3)nc2C1. The minimum atomic E-state index is -3.80. The Kier molecular flexibility index (Phi) is 5.35. The van der Waals surface area contributed by atoms with Crippen molar-refractivity contribution in [2.45, 2.75) is 49.8 Å². The number of nitrogens with one attached hydrogen (secondary N) is 1. The first-order valence-corrected chi connectivity index (χ1v) is 12.6. The maximum Gasteiger partial charge on any atom is 0.253 e. The van der Waals surface area contributed by atoms with Gasteiger partial charge in [0.2, 0.25) is 5.91 Å². The van der Waals surface area contributed by atoms with E-state index in [1.54, 1.807) is 0 Å². The normalized spacial score (nSPS) is 21.9. The molecule has 2 aliphatic rings. The first-order chi connectivity index (χ1) is 13.6. The summed E-state index contributed by atoms with van der Waals surface area (Å²) in [5.41, 5.74) is 0.549. The minimum Gasteiger partial charge on any atom is -0.301 e. The van der Waals surface area contributed by atoms with Crippen molar-refractivity contribution in [2.75, 3.05) is 11.9 Å². The molecule has 2 aromatic rings. The molecule has 3 heterocycles. The van der Waals surface area contributed by atoms with Crippen LogP contribution in [-0.2, 0) is 21.2 Å². The molecule has 1 aliphatic carbocycles. The van der Waals surface area contributed by atoms with Crippen molar-refractivity contribution in [3.05, 3.63) is 27.0 Å². The van der Waals surface area contributed by atoms with Gasteiger partial charge in [0, 0.05) is 13.0 Å². The van der Waals surface area contributed by atoms with Crippen molar-refractivity contribution in [3.63, 3.8) is 0 Å². The van der Waals surface area contributed by atoms with Crippen LogP contribution in [0.15, 0.2) is 16.3 Å². The molecule has 1 atom stereocenters. The lowest BCUT2D eigenvalue weighted by Crippen LogP contribution is -2.42. The number of nitrogens with zero attached hydrogens (tertiary/aromatic N) is 2. The molecule has 0 bridgehead atoms. The van der Waals surface area contributed by atoms with E-state index in [0.29, 0.717) is 45.7 Å². The summed E-state index contributed by atoms with van der Waals surface area (Å²) in [6.45, 7) is 4.31. The number of fused-ring (bicyclic) bond motifs is 1. The Morgan fingerprint density at radius 2 is 2.07 bits per heavy atom. The summed E-state index contributed by atoms with van der Waals surface area (Å²) in [6.07, 6.45) is 2.15. The van der Waals surface area contributed by atoms with E-state index in [0.717, 1.165) is 22.7 Å². The third-order valence-electron chi connectivity index (χ3n) is 5.08. The Morgan fingerprint density at radius 3 is 2.76 bits per heavy atom. The topological polar surface area (TPSA) is 96.4 Å². The molecule has 0 aromatic carbocycles. The van der Waals surface area contributed by atoms with E-state index >= 15 is 0 Å². The second-order valence-corrected chi connectivity index (χ2v) is 12.9. The molecule has 1 amide bonds. The number of carbonyl (C=O) groups is 2. The lowest BCUT2D eigenvalue weighted by atomic mass is 9.78. The average molecular weight is 474 g/mol. The third kappa shape index (κ3) is 4.00. The molecule has 4 rings (SSSR count). The number of rotatable bonds is 4. The Hall–Kier alpha value is -1.33. The van der Waals surface area contributed by atoms with Gasteiger partial charge in [0.05, 0.1) is 14.9 Å². The Labute approximate surface area is 182 Å². The molecule has 11 heteroatoms. The van der Waals surface area contributed by atoms with Gasteiger partial charge in [-0.1, -0.05) is 36.8 Å². The molecule has 156 valence electrons. The zero-order chi connectivity index (χ0) is 21.0. The maximum absolute atomic E-state index is 12.9. The van der Waals surface area contributed by atoms with E-state index in [1.165, 1.54) is 16.4 Å². The first kappa shape index (κ1) is 20.9. The van der Waals surface area contributed by atoms with Gasteiger partial charge in [-0.3, -0.25) is 9.59 Å². The fraction of sp³-hybridized carbons (Fsp3) is 0.500. The average Bonchev–Trinajstić information content (AvgIpc) is 3.32. The number of aromatic nitrogens is 1. The molecule has 0 radical (unpaired) electrons. The number of thiazole rings is 1. The van der Waals surface area contributed by atoms with Gasteiger partial charge in [0.15, 0.2) is 10.9 Å². The van der Waals surface area contributed by atoms with Gasteiger partial charge in [-0.2, -0.15) is 4.31 Å². The number of amides is 1. The second-order valence-electron chi connectivity index (χ2n) is 8.06. The third-order valence-corrected chi connectivity index (χ3v) is 9.74. The summed E-state index contributed by atoms with van der Waals surface area (Å²) < 4.78 is 27.6.